The highest BCUT2D eigenvalue weighted by atomic mass is 79.9. The van der Waals surface area contributed by atoms with Gasteiger partial charge in [0.1, 0.15) is 11.6 Å². The molecule has 1 unspecified atom stereocenters. The molecule has 1 N–H and O–H groups in total. The Morgan fingerprint density at radius 1 is 1.20 bits per heavy atom. The lowest BCUT2D eigenvalue weighted by Crippen LogP contribution is -2.20. The van der Waals surface area contributed by atoms with E-state index >= 15 is 0 Å². The van der Waals surface area contributed by atoms with Crippen LogP contribution in [0.25, 0.3) is 0 Å². The van der Waals surface area contributed by atoms with Crippen molar-refractivity contribution in [1.29, 1.82) is 0 Å². The first-order valence-corrected chi connectivity index (χ1v) is 7.24. The van der Waals surface area contributed by atoms with Gasteiger partial charge in [-0.2, -0.15) is 0 Å². The molecule has 0 amide bonds. The summed E-state index contributed by atoms with van der Waals surface area (Å²) in [6.45, 7) is 0. The predicted molar refractivity (Wildman–Crippen MR) is 81.0 cm³/mol. The molecular formula is C15H13BrClF2N. The van der Waals surface area contributed by atoms with Crippen LogP contribution in [0.3, 0.4) is 0 Å². The van der Waals surface area contributed by atoms with Crippen molar-refractivity contribution >= 4 is 27.5 Å². The summed E-state index contributed by atoms with van der Waals surface area (Å²) in [6.07, 6.45) is 0.475. The molecule has 106 valence electrons. The van der Waals surface area contributed by atoms with Crippen molar-refractivity contribution in [3.8, 4) is 0 Å². The highest BCUT2D eigenvalue weighted by Crippen LogP contribution is 2.27. The molecule has 2 aromatic rings. The third-order valence-electron chi connectivity index (χ3n) is 3.12. The van der Waals surface area contributed by atoms with Crippen LogP contribution in [0.1, 0.15) is 17.2 Å². The van der Waals surface area contributed by atoms with E-state index in [1.54, 1.807) is 13.1 Å². The average molecular weight is 361 g/mol. The number of halogens is 4. The lowest BCUT2D eigenvalue weighted by atomic mass is 9.98. The van der Waals surface area contributed by atoms with Crippen LogP contribution in [0, 0.1) is 11.6 Å². The molecule has 1 atom stereocenters. The maximum Gasteiger partial charge on any atom is 0.128 e. The van der Waals surface area contributed by atoms with E-state index in [2.05, 4.69) is 21.2 Å². The Morgan fingerprint density at radius 3 is 2.60 bits per heavy atom. The minimum Gasteiger partial charge on any atom is -0.313 e. The summed E-state index contributed by atoms with van der Waals surface area (Å²) in [6, 6.07) is 8.64. The second-order valence-corrected chi connectivity index (χ2v) is 5.77. The van der Waals surface area contributed by atoms with Gasteiger partial charge in [-0.3, -0.25) is 0 Å². The second-order valence-electron chi connectivity index (χ2n) is 4.45. The second kappa shape index (κ2) is 6.66. The van der Waals surface area contributed by atoms with Crippen LogP contribution in [-0.2, 0) is 6.42 Å². The van der Waals surface area contributed by atoms with Gasteiger partial charge >= 0.3 is 0 Å². The monoisotopic (exact) mass is 359 g/mol. The zero-order valence-corrected chi connectivity index (χ0v) is 13.1. The summed E-state index contributed by atoms with van der Waals surface area (Å²) in [5, 5.41) is 3.59. The molecule has 0 heterocycles. The van der Waals surface area contributed by atoms with Gasteiger partial charge in [0.15, 0.2) is 0 Å². The number of hydrogen-bond donors (Lipinski definition) is 1. The average Bonchev–Trinajstić information content (AvgIpc) is 2.41. The van der Waals surface area contributed by atoms with Gasteiger partial charge in [0.05, 0.1) is 0 Å². The molecule has 0 bridgehead atoms. The smallest absolute Gasteiger partial charge is 0.128 e. The zero-order valence-electron chi connectivity index (χ0n) is 10.8. The summed E-state index contributed by atoms with van der Waals surface area (Å²) in [4.78, 5) is 0. The van der Waals surface area contributed by atoms with Crippen molar-refractivity contribution in [1.82, 2.24) is 5.32 Å². The van der Waals surface area contributed by atoms with Crippen LogP contribution in [0.15, 0.2) is 40.9 Å². The van der Waals surface area contributed by atoms with Crippen LogP contribution >= 0.6 is 27.5 Å². The van der Waals surface area contributed by atoms with Gasteiger partial charge in [0.25, 0.3) is 0 Å². The summed E-state index contributed by atoms with van der Waals surface area (Å²) >= 11 is 9.50. The number of nitrogens with one attached hydrogen (secondary N) is 1. The minimum atomic E-state index is -0.455. The normalized spacial score (nSPS) is 12.4. The van der Waals surface area contributed by atoms with E-state index in [0.29, 0.717) is 17.0 Å². The number of benzene rings is 2. The van der Waals surface area contributed by atoms with Crippen LogP contribution < -0.4 is 5.32 Å². The fraction of sp³-hybridized carbons (Fsp3) is 0.200. The maximum atomic E-state index is 13.8. The van der Waals surface area contributed by atoms with Gasteiger partial charge in [0, 0.05) is 21.1 Å². The third-order valence-corrected chi connectivity index (χ3v) is 3.97. The Hall–Kier alpha value is -0.970. The quantitative estimate of drug-likeness (QED) is 0.819. The Balaban J connectivity index is 2.31. The molecule has 0 radical (unpaired) electrons. The van der Waals surface area contributed by atoms with Gasteiger partial charge < -0.3 is 5.32 Å². The molecule has 0 saturated carbocycles. The van der Waals surface area contributed by atoms with Gasteiger partial charge in [-0.25, -0.2) is 8.78 Å². The first-order chi connectivity index (χ1) is 9.51. The van der Waals surface area contributed by atoms with Gasteiger partial charge in [-0.1, -0.05) is 33.6 Å². The Bertz CT molecular complexity index is 619. The van der Waals surface area contributed by atoms with Gasteiger partial charge in [-0.15, -0.1) is 0 Å². The molecule has 0 aromatic heterocycles. The Labute approximate surface area is 130 Å². The molecule has 20 heavy (non-hydrogen) atoms. The first kappa shape index (κ1) is 15.4. The number of hydrogen-bond acceptors (Lipinski definition) is 1. The van der Waals surface area contributed by atoms with Crippen molar-refractivity contribution in [2.45, 2.75) is 12.5 Å². The highest BCUT2D eigenvalue weighted by Gasteiger charge is 2.17. The van der Waals surface area contributed by atoms with E-state index in [1.165, 1.54) is 6.07 Å². The Kier molecular flexibility index (Phi) is 5.13. The fourth-order valence-corrected chi connectivity index (χ4v) is 2.81. The maximum absolute atomic E-state index is 13.8. The molecule has 0 spiro atoms. The van der Waals surface area contributed by atoms with Crippen LogP contribution in [0.2, 0.25) is 5.02 Å². The van der Waals surface area contributed by atoms with Crippen molar-refractivity contribution in [2.75, 3.05) is 7.05 Å². The number of rotatable bonds is 4. The largest absolute Gasteiger partial charge is 0.313 e. The SMILES string of the molecule is CNC(Cc1ccc(Br)cc1Cl)c1cc(F)ccc1F. The minimum absolute atomic E-state index is 0.298. The molecule has 0 saturated heterocycles. The lowest BCUT2D eigenvalue weighted by Gasteiger charge is -2.18. The lowest BCUT2D eigenvalue weighted by molar-refractivity contribution is 0.523. The summed E-state index contributed by atoms with van der Waals surface area (Å²) < 4.78 is 28.0. The van der Waals surface area contributed by atoms with E-state index in [1.807, 2.05) is 12.1 Å². The zero-order chi connectivity index (χ0) is 14.7. The molecule has 0 fully saturated rings. The van der Waals surface area contributed by atoms with Gasteiger partial charge in [0.2, 0.25) is 0 Å². The molecular weight excluding hydrogens is 348 g/mol. The van der Waals surface area contributed by atoms with E-state index < -0.39 is 11.6 Å². The standard InChI is InChI=1S/C15H13BrClF2N/c1-20-15(12-8-11(18)4-5-14(12)19)6-9-2-3-10(16)7-13(9)17/h2-5,7-8,15,20H,6H2,1H3. The molecule has 0 aliphatic heterocycles. The number of likely N-dealkylation sites (N-methyl/N-ethyl adjacent to an activating group) is 1. The summed E-state index contributed by atoms with van der Waals surface area (Å²) in [5.74, 6) is -0.887. The molecule has 2 aromatic carbocycles. The molecule has 0 aliphatic rings. The first-order valence-electron chi connectivity index (χ1n) is 6.07. The predicted octanol–water partition coefficient (Wildman–Crippen LogP) is 4.88. The van der Waals surface area contributed by atoms with Crippen LogP contribution in [0.5, 0.6) is 0 Å². The van der Waals surface area contributed by atoms with E-state index in [9.17, 15) is 8.78 Å². The van der Waals surface area contributed by atoms with Crippen molar-refractivity contribution in [2.24, 2.45) is 0 Å². The summed E-state index contributed by atoms with van der Waals surface area (Å²) in [7, 11) is 1.71. The van der Waals surface area contributed by atoms with Gasteiger partial charge in [-0.05, 0) is 49.4 Å². The molecule has 2 rings (SSSR count). The van der Waals surface area contributed by atoms with Crippen molar-refractivity contribution < 1.29 is 8.78 Å². The third kappa shape index (κ3) is 3.57. The van der Waals surface area contributed by atoms with Crippen molar-refractivity contribution in [3.63, 3.8) is 0 Å². The molecule has 1 nitrogen and oxygen atoms in total. The fourth-order valence-electron chi connectivity index (χ4n) is 2.06. The van der Waals surface area contributed by atoms with E-state index in [0.717, 1.165) is 22.2 Å². The summed E-state index contributed by atoms with van der Waals surface area (Å²) in [5.41, 5.74) is 1.17. The molecule has 0 aliphatic carbocycles. The van der Waals surface area contributed by atoms with Crippen LogP contribution in [0.4, 0.5) is 8.78 Å². The van der Waals surface area contributed by atoms with Crippen LogP contribution in [-0.4, -0.2) is 7.05 Å². The highest BCUT2D eigenvalue weighted by molar-refractivity contribution is 9.10. The van der Waals surface area contributed by atoms with E-state index in [-0.39, 0.29) is 6.04 Å². The van der Waals surface area contributed by atoms with E-state index in [4.69, 9.17) is 11.6 Å². The van der Waals surface area contributed by atoms with Crippen molar-refractivity contribution in [3.05, 3.63) is 68.7 Å². The Morgan fingerprint density at radius 2 is 1.95 bits per heavy atom. The molecule has 5 heteroatoms. The topological polar surface area (TPSA) is 12.0 Å².